The van der Waals surface area contributed by atoms with Crippen LogP contribution in [0.3, 0.4) is 0 Å². The van der Waals surface area contributed by atoms with Gasteiger partial charge in [0.1, 0.15) is 0 Å². The summed E-state index contributed by atoms with van der Waals surface area (Å²) < 4.78 is 0. The van der Waals surface area contributed by atoms with Gasteiger partial charge in [-0.1, -0.05) is 6.07 Å². The molecule has 3 heteroatoms. The van der Waals surface area contributed by atoms with E-state index in [1.165, 1.54) is 0 Å². The lowest BCUT2D eigenvalue weighted by Crippen LogP contribution is -2.08. The SMILES string of the molecule is C[C@H](C(=O)O)c1ccccn1. The van der Waals surface area contributed by atoms with Gasteiger partial charge in [0.25, 0.3) is 0 Å². The Labute approximate surface area is 64.7 Å². The maximum atomic E-state index is 10.5. The third kappa shape index (κ3) is 1.77. The molecule has 0 saturated carbocycles. The average Bonchev–Trinajstić information content (AvgIpc) is 2.05. The molecule has 1 N–H and O–H groups in total. The van der Waals surface area contributed by atoms with Crippen LogP contribution in [0.25, 0.3) is 0 Å². The van der Waals surface area contributed by atoms with Gasteiger partial charge in [-0.3, -0.25) is 9.78 Å². The first-order chi connectivity index (χ1) is 5.22. The maximum Gasteiger partial charge on any atom is 0.312 e. The topological polar surface area (TPSA) is 50.2 Å². The smallest absolute Gasteiger partial charge is 0.312 e. The first-order valence-corrected chi connectivity index (χ1v) is 3.35. The second-order valence-corrected chi connectivity index (χ2v) is 2.31. The van der Waals surface area contributed by atoms with Crippen molar-refractivity contribution in [2.75, 3.05) is 0 Å². The Morgan fingerprint density at radius 1 is 1.64 bits per heavy atom. The Balaban J connectivity index is 2.85. The summed E-state index contributed by atoms with van der Waals surface area (Å²) in [5.74, 6) is -1.36. The lowest BCUT2D eigenvalue weighted by molar-refractivity contribution is -0.138. The van der Waals surface area contributed by atoms with Crippen LogP contribution in [-0.2, 0) is 4.79 Å². The van der Waals surface area contributed by atoms with E-state index in [1.54, 1.807) is 31.3 Å². The fourth-order valence-electron chi connectivity index (χ4n) is 0.759. The summed E-state index contributed by atoms with van der Waals surface area (Å²) in [4.78, 5) is 14.4. The molecule has 0 radical (unpaired) electrons. The Bertz CT molecular complexity index is 246. The molecule has 0 fully saturated rings. The quantitative estimate of drug-likeness (QED) is 0.692. The normalized spacial score (nSPS) is 12.5. The van der Waals surface area contributed by atoms with E-state index in [2.05, 4.69) is 4.98 Å². The van der Waals surface area contributed by atoms with Gasteiger partial charge in [-0.25, -0.2) is 0 Å². The fraction of sp³-hybridized carbons (Fsp3) is 0.250. The summed E-state index contributed by atoms with van der Waals surface area (Å²) in [5, 5.41) is 8.60. The first-order valence-electron chi connectivity index (χ1n) is 3.35. The van der Waals surface area contributed by atoms with Crippen molar-refractivity contribution < 1.29 is 9.90 Å². The van der Waals surface area contributed by atoms with Crippen molar-refractivity contribution in [1.82, 2.24) is 4.98 Å². The van der Waals surface area contributed by atoms with Crippen LogP contribution in [0, 0.1) is 0 Å². The molecule has 1 heterocycles. The third-order valence-electron chi connectivity index (χ3n) is 1.50. The summed E-state index contributed by atoms with van der Waals surface area (Å²) >= 11 is 0. The average molecular weight is 151 g/mol. The highest BCUT2D eigenvalue weighted by molar-refractivity contribution is 5.74. The number of nitrogens with zero attached hydrogens (tertiary/aromatic N) is 1. The van der Waals surface area contributed by atoms with Crippen LogP contribution in [0.15, 0.2) is 24.4 Å². The van der Waals surface area contributed by atoms with Crippen LogP contribution in [0.2, 0.25) is 0 Å². The number of hydrogen-bond acceptors (Lipinski definition) is 2. The minimum absolute atomic E-state index is 0.517. The number of rotatable bonds is 2. The summed E-state index contributed by atoms with van der Waals surface area (Å²) in [6, 6.07) is 5.25. The van der Waals surface area contributed by atoms with Crippen molar-refractivity contribution in [2.45, 2.75) is 12.8 Å². The number of carboxylic acids is 1. The summed E-state index contributed by atoms with van der Waals surface area (Å²) in [6.45, 7) is 1.62. The third-order valence-corrected chi connectivity index (χ3v) is 1.50. The molecular formula is C8H9NO2. The zero-order chi connectivity index (χ0) is 8.27. The van der Waals surface area contributed by atoms with Crippen LogP contribution >= 0.6 is 0 Å². The molecule has 58 valence electrons. The van der Waals surface area contributed by atoms with Crippen molar-refractivity contribution in [2.24, 2.45) is 0 Å². The van der Waals surface area contributed by atoms with E-state index in [-0.39, 0.29) is 0 Å². The Morgan fingerprint density at radius 2 is 2.36 bits per heavy atom. The van der Waals surface area contributed by atoms with Crippen LogP contribution in [0.1, 0.15) is 18.5 Å². The second-order valence-electron chi connectivity index (χ2n) is 2.31. The number of carbonyl (C=O) groups is 1. The molecule has 0 aliphatic rings. The van der Waals surface area contributed by atoms with E-state index < -0.39 is 11.9 Å². The van der Waals surface area contributed by atoms with Crippen molar-refractivity contribution in [3.05, 3.63) is 30.1 Å². The molecule has 0 unspecified atom stereocenters. The van der Waals surface area contributed by atoms with Gasteiger partial charge in [0.15, 0.2) is 0 Å². The lowest BCUT2D eigenvalue weighted by atomic mass is 10.1. The van der Waals surface area contributed by atoms with Gasteiger partial charge >= 0.3 is 5.97 Å². The van der Waals surface area contributed by atoms with Crippen molar-refractivity contribution in [3.8, 4) is 0 Å². The number of hydrogen-bond donors (Lipinski definition) is 1. The maximum absolute atomic E-state index is 10.5. The highest BCUT2D eigenvalue weighted by Gasteiger charge is 2.13. The molecule has 0 aliphatic carbocycles. The first kappa shape index (κ1) is 7.72. The van der Waals surface area contributed by atoms with E-state index in [4.69, 9.17) is 5.11 Å². The molecule has 0 bridgehead atoms. The summed E-state index contributed by atoms with van der Waals surface area (Å²) in [6.07, 6.45) is 1.59. The standard InChI is InChI=1S/C8H9NO2/c1-6(8(10)11)7-4-2-3-5-9-7/h2-6H,1H3,(H,10,11)/t6-/m0/s1. The fourth-order valence-corrected chi connectivity index (χ4v) is 0.759. The molecule has 0 aromatic carbocycles. The van der Waals surface area contributed by atoms with Gasteiger partial charge in [-0.2, -0.15) is 0 Å². The van der Waals surface area contributed by atoms with E-state index >= 15 is 0 Å². The number of carboxylic acid groups (broad SMARTS) is 1. The molecule has 1 aromatic rings. The van der Waals surface area contributed by atoms with Gasteiger partial charge in [0.2, 0.25) is 0 Å². The molecule has 0 amide bonds. The molecular weight excluding hydrogens is 142 g/mol. The van der Waals surface area contributed by atoms with Crippen molar-refractivity contribution in [1.29, 1.82) is 0 Å². The van der Waals surface area contributed by atoms with E-state index in [9.17, 15) is 4.79 Å². The monoisotopic (exact) mass is 151 g/mol. The molecule has 0 spiro atoms. The van der Waals surface area contributed by atoms with E-state index in [0.717, 1.165) is 0 Å². The number of aromatic nitrogens is 1. The zero-order valence-electron chi connectivity index (χ0n) is 6.19. The minimum atomic E-state index is -0.844. The van der Waals surface area contributed by atoms with Crippen LogP contribution in [-0.4, -0.2) is 16.1 Å². The Hall–Kier alpha value is -1.38. The molecule has 1 atom stereocenters. The van der Waals surface area contributed by atoms with Gasteiger partial charge in [-0.05, 0) is 19.1 Å². The van der Waals surface area contributed by atoms with Gasteiger partial charge in [-0.15, -0.1) is 0 Å². The molecule has 0 aliphatic heterocycles. The second kappa shape index (κ2) is 3.14. The largest absolute Gasteiger partial charge is 0.481 e. The van der Waals surface area contributed by atoms with Crippen LogP contribution < -0.4 is 0 Å². The van der Waals surface area contributed by atoms with Crippen LogP contribution in [0.4, 0.5) is 0 Å². The van der Waals surface area contributed by atoms with Gasteiger partial charge in [0.05, 0.1) is 11.6 Å². The predicted molar refractivity (Wildman–Crippen MR) is 40.3 cm³/mol. The van der Waals surface area contributed by atoms with E-state index in [0.29, 0.717) is 5.69 Å². The predicted octanol–water partition coefficient (Wildman–Crippen LogP) is 1.27. The summed E-state index contributed by atoms with van der Waals surface area (Å²) in [5.41, 5.74) is 0.597. The van der Waals surface area contributed by atoms with Gasteiger partial charge < -0.3 is 5.11 Å². The zero-order valence-corrected chi connectivity index (χ0v) is 6.19. The van der Waals surface area contributed by atoms with Crippen molar-refractivity contribution in [3.63, 3.8) is 0 Å². The highest BCUT2D eigenvalue weighted by atomic mass is 16.4. The molecule has 0 saturated heterocycles. The van der Waals surface area contributed by atoms with Gasteiger partial charge in [0, 0.05) is 6.20 Å². The molecule has 1 rings (SSSR count). The minimum Gasteiger partial charge on any atom is -0.481 e. The molecule has 11 heavy (non-hydrogen) atoms. The summed E-state index contributed by atoms with van der Waals surface area (Å²) in [7, 11) is 0. The number of pyridine rings is 1. The number of aliphatic carboxylic acids is 1. The van der Waals surface area contributed by atoms with Crippen LogP contribution in [0.5, 0.6) is 0 Å². The Morgan fingerprint density at radius 3 is 2.82 bits per heavy atom. The van der Waals surface area contributed by atoms with E-state index in [1.807, 2.05) is 0 Å². The molecule has 3 nitrogen and oxygen atoms in total. The van der Waals surface area contributed by atoms with Crippen molar-refractivity contribution >= 4 is 5.97 Å². The lowest BCUT2D eigenvalue weighted by Gasteiger charge is -2.02. The highest BCUT2D eigenvalue weighted by Crippen LogP contribution is 2.10. The Kier molecular flexibility index (Phi) is 2.21. The molecule has 1 aromatic heterocycles.